The summed E-state index contributed by atoms with van der Waals surface area (Å²) in [4.78, 5) is 16.2. The molecule has 31 heavy (non-hydrogen) atoms. The van der Waals surface area contributed by atoms with E-state index in [9.17, 15) is 22.0 Å². The van der Waals surface area contributed by atoms with Gasteiger partial charge in [0.1, 0.15) is 16.5 Å². The van der Waals surface area contributed by atoms with Crippen molar-refractivity contribution in [3.8, 4) is 17.1 Å². The maximum atomic E-state index is 14.8. The number of carbonyl (C=O) groups is 1. The Hall–Kier alpha value is -3.27. The lowest BCUT2D eigenvalue weighted by Crippen LogP contribution is -2.14. The van der Waals surface area contributed by atoms with E-state index in [-0.39, 0.29) is 33.5 Å². The molecule has 1 aliphatic carbocycles. The fourth-order valence-corrected chi connectivity index (χ4v) is 4.78. The maximum Gasteiger partial charge on any atom is 0.339 e. The van der Waals surface area contributed by atoms with Crippen molar-refractivity contribution in [2.75, 3.05) is 14.2 Å². The molecular formula is C21H18F2N2O5S. The van der Waals surface area contributed by atoms with Crippen LogP contribution in [-0.4, -0.2) is 37.6 Å². The largest absolute Gasteiger partial charge is 0.481 e. The van der Waals surface area contributed by atoms with E-state index in [1.165, 1.54) is 26.4 Å². The SMILES string of the molecule is COC(=O)c1cn(S(=O)(=O)c2ccc(OC)nc2)c(-c2ccc(F)cc2F)c1C1CC1. The Bertz CT molecular complexity index is 1270. The first kappa shape index (κ1) is 21.0. The number of hydrogen-bond donors (Lipinski definition) is 0. The van der Waals surface area contributed by atoms with E-state index in [1.807, 2.05) is 0 Å². The van der Waals surface area contributed by atoms with Gasteiger partial charge >= 0.3 is 5.97 Å². The molecule has 0 aliphatic heterocycles. The number of hydrogen-bond acceptors (Lipinski definition) is 6. The molecule has 0 spiro atoms. The molecule has 0 N–H and O–H groups in total. The molecule has 162 valence electrons. The van der Waals surface area contributed by atoms with Gasteiger partial charge in [0.25, 0.3) is 10.0 Å². The highest BCUT2D eigenvalue weighted by molar-refractivity contribution is 7.90. The van der Waals surface area contributed by atoms with E-state index in [0.29, 0.717) is 24.5 Å². The summed E-state index contributed by atoms with van der Waals surface area (Å²) in [5.74, 6) is -2.42. The second kappa shape index (κ2) is 7.77. The second-order valence-electron chi connectivity index (χ2n) is 7.03. The second-order valence-corrected chi connectivity index (χ2v) is 8.85. The third kappa shape index (κ3) is 3.67. The quantitative estimate of drug-likeness (QED) is 0.534. The zero-order chi connectivity index (χ0) is 22.3. The molecule has 10 heteroatoms. The first-order valence-electron chi connectivity index (χ1n) is 9.32. The molecule has 4 rings (SSSR count). The Morgan fingerprint density at radius 2 is 1.90 bits per heavy atom. The zero-order valence-corrected chi connectivity index (χ0v) is 17.4. The van der Waals surface area contributed by atoms with Gasteiger partial charge in [-0.1, -0.05) is 0 Å². The van der Waals surface area contributed by atoms with Crippen molar-refractivity contribution in [2.45, 2.75) is 23.7 Å². The molecule has 0 saturated heterocycles. The molecule has 1 saturated carbocycles. The summed E-state index contributed by atoms with van der Waals surface area (Å²) in [6.45, 7) is 0. The van der Waals surface area contributed by atoms with Crippen LogP contribution in [0.3, 0.4) is 0 Å². The van der Waals surface area contributed by atoms with E-state index >= 15 is 0 Å². The monoisotopic (exact) mass is 448 g/mol. The third-order valence-electron chi connectivity index (χ3n) is 5.06. The smallest absolute Gasteiger partial charge is 0.339 e. The van der Waals surface area contributed by atoms with Gasteiger partial charge in [-0.25, -0.2) is 30.9 Å². The van der Waals surface area contributed by atoms with Crippen LogP contribution < -0.4 is 4.74 Å². The molecule has 2 aromatic heterocycles. The lowest BCUT2D eigenvalue weighted by atomic mass is 10.0. The van der Waals surface area contributed by atoms with Gasteiger partial charge in [-0.3, -0.25) is 0 Å². The minimum atomic E-state index is -4.29. The predicted octanol–water partition coefficient (Wildman–Crippen LogP) is 3.74. The molecule has 1 aromatic carbocycles. The standard InChI is InChI=1S/C21H18F2N2O5S/c1-29-18-8-6-14(10-24-18)31(27,28)25-11-16(21(26)30-2)19(12-3-4-12)20(25)15-7-5-13(22)9-17(15)23/h5-12H,3-4H2,1-2H3. The number of ether oxygens (including phenoxy) is 2. The van der Waals surface area contributed by atoms with E-state index < -0.39 is 27.6 Å². The number of rotatable bonds is 6. The van der Waals surface area contributed by atoms with Gasteiger partial charge in [-0.15, -0.1) is 0 Å². The molecule has 0 amide bonds. The van der Waals surface area contributed by atoms with Crippen molar-refractivity contribution in [1.29, 1.82) is 0 Å². The van der Waals surface area contributed by atoms with Gasteiger partial charge in [0.15, 0.2) is 0 Å². The van der Waals surface area contributed by atoms with E-state index in [2.05, 4.69) is 4.98 Å². The van der Waals surface area contributed by atoms with Crippen molar-refractivity contribution in [1.82, 2.24) is 8.96 Å². The van der Waals surface area contributed by atoms with Crippen molar-refractivity contribution in [3.63, 3.8) is 0 Å². The Balaban J connectivity index is 2.02. The van der Waals surface area contributed by atoms with Crippen LogP contribution in [0.2, 0.25) is 0 Å². The van der Waals surface area contributed by atoms with Crippen LogP contribution in [0.5, 0.6) is 5.88 Å². The van der Waals surface area contributed by atoms with Gasteiger partial charge in [0, 0.05) is 23.9 Å². The van der Waals surface area contributed by atoms with Crippen molar-refractivity contribution in [2.24, 2.45) is 0 Å². The normalized spacial score (nSPS) is 13.8. The summed E-state index contributed by atoms with van der Waals surface area (Å²) in [5.41, 5.74) is 0.218. The number of carbonyl (C=O) groups excluding carboxylic acids is 1. The van der Waals surface area contributed by atoms with Gasteiger partial charge < -0.3 is 9.47 Å². The highest BCUT2D eigenvalue weighted by atomic mass is 32.2. The summed E-state index contributed by atoms with van der Waals surface area (Å²) in [6.07, 6.45) is 3.63. The number of nitrogens with zero attached hydrogens (tertiary/aromatic N) is 2. The number of esters is 1. The molecule has 2 heterocycles. The first-order chi connectivity index (χ1) is 14.8. The lowest BCUT2D eigenvalue weighted by molar-refractivity contribution is 0.0599. The first-order valence-corrected chi connectivity index (χ1v) is 10.8. The molecule has 1 fully saturated rings. The topological polar surface area (TPSA) is 87.5 Å². The van der Waals surface area contributed by atoms with E-state index in [1.54, 1.807) is 0 Å². The zero-order valence-electron chi connectivity index (χ0n) is 16.6. The number of aromatic nitrogens is 2. The van der Waals surface area contributed by atoms with Gasteiger partial charge in [0.2, 0.25) is 5.88 Å². The number of methoxy groups -OCH3 is 2. The number of halogens is 2. The van der Waals surface area contributed by atoms with Crippen LogP contribution >= 0.6 is 0 Å². The summed E-state index contributed by atoms with van der Waals surface area (Å²) in [5, 5.41) is 0. The Labute approximate surface area is 177 Å². The van der Waals surface area contributed by atoms with Crippen LogP contribution in [0, 0.1) is 11.6 Å². The molecule has 0 bridgehead atoms. The van der Waals surface area contributed by atoms with Crippen molar-refractivity contribution >= 4 is 16.0 Å². The molecular weight excluding hydrogens is 430 g/mol. The van der Waals surface area contributed by atoms with Crippen LogP contribution in [-0.2, 0) is 14.8 Å². The predicted molar refractivity (Wildman–Crippen MR) is 106 cm³/mol. The minimum absolute atomic E-state index is 0.0220. The Morgan fingerprint density at radius 1 is 1.16 bits per heavy atom. The fourth-order valence-electron chi connectivity index (χ4n) is 3.44. The number of pyridine rings is 1. The average Bonchev–Trinajstić information content (AvgIpc) is 3.52. The highest BCUT2D eigenvalue weighted by Crippen LogP contribution is 2.48. The Morgan fingerprint density at radius 3 is 2.45 bits per heavy atom. The molecule has 0 atom stereocenters. The maximum absolute atomic E-state index is 14.8. The van der Waals surface area contributed by atoms with Gasteiger partial charge in [-0.2, -0.15) is 0 Å². The summed E-state index contributed by atoms with van der Waals surface area (Å²) < 4.78 is 65.8. The van der Waals surface area contributed by atoms with Crippen LogP contribution in [0.25, 0.3) is 11.3 Å². The van der Waals surface area contributed by atoms with Crippen LogP contribution in [0.4, 0.5) is 8.78 Å². The Kier molecular flexibility index (Phi) is 5.26. The molecule has 7 nitrogen and oxygen atoms in total. The van der Waals surface area contributed by atoms with Gasteiger partial charge in [0.05, 0.1) is 31.7 Å². The average molecular weight is 448 g/mol. The summed E-state index contributed by atoms with van der Waals surface area (Å²) in [7, 11) is -1.72. The van der Waals surface area contributed by atoms with Gasteiger partial charge in [-0.05, 0) is 42.5 Å². The highest BCUT2D eigenvalue weighted by Gasteiger charge is 2.38. The summed E-state index contributed by atoms with van der Waals surface area (Å²) >= 11 is 0. The molecule has 0 unspecified atom stereocenters. The number of benzene rings is 1. The van der Waals surface area contributed by atoms with E-state index in [4.69, 9.17) is 9.47 Å². The van der Waals surface area contributed by atoms with E-state index in [0.717, 1.165) is 28.5 Å². The third-order valence-corrected chi connectivity index (χ3v) is 6.71. The van der Waals surface area contributed by atoms with Crippen LogP contribution in [0.15, 0.2) is 47.6 Å². The summed E-state index contributed by atoms with van der Waals surface area (Å²) in [6, 6.07) is 5.53. The van der Waals surface area contributed by atoms with Crippen LogP contribution in [0.1, 0.15) is 34.7 Å². The van der Waals surface area contributed by atoms with Crippen molar-refractivity contribution in [3.05, 3.63) is 65.5 Å². The molecule has 1 aliphatic rings. The molecule has 3 aromatic rings. The molecule has 0 radical (unpaired) electrons. The fraction of sp³-hybridized carbons (Fsp3) is 0.238. The van der Waals surface area contributed by atoms with Crippen molar-refractivity contribution < 1.29 is 31.5 Å². The minimum Gasteiger partial charge on any atom is -0.481 e. The lowest BCUT2D eigenvalue weighted by Gasteiger charge is -2.13.